The van der Waals surface area contributed by atoms with Crippen molar-refractivity contribution in [1.29, 1.82) is 0 Å². The van der Waals surface area contributed by atoms with E-state index < -0.39 is 12.5 Å². The zero-order valence-corrected chi connectivity index (χ0v) is 19.1. The van der Waals surface area contributed by atoms with Crippen molar-refractivity contribution < 1.29 is 23.0 Å². The van der Waals surface area contributed by atoms with Crippen LogP contribution in [0.25, 0.3) is 0 Å². The monoisotopic (exact) mass is 472 g/mol. The predicted octanol–water partition coefficient (Wildman–Crippen LogP) is 4.70. The molecule has 4 nitrogen and oxygen atoms in total. The van der Waals surface area contributed by atoms with Crippen LogP contribution >= 0.6 is 24.8 Å². The third-order valence-corrected chi connectivity index (χ3v) is 6.25. The molecule has 1 aromatic rings. The van der Waals surface area contributed by atoms with Crippen LogP contribution < -0.4 is 4.74 Å². The van der Waals surface area contributed by atoms with E-state index in [9.17, 15) is 18.3 Å². The van der Waals surface area contributed by atoms with Gasteiger partial charge in [0.05, 0.1) is 6.10 Å². The molecule has 0 bridgehead atoms. The highest BCUT2D eigenvalue weighted by Gasteiger charge is 2.36. The summed E-state index contributed by atoms with van der Waals surface area (Å²) in [5.74, 6) is -0.130. The van der Waals surface area contributed by atoms with Crippen LogP contribution in [-0.4, -0.2) is 67.1 Å². The van der Waals surface area contributed by atoms with E-state index in [4.69, 9.17) is 0 Å². The number of nitrogens with zero attached hydrogens (tertiary/aromatic N) is 2. The van der Waals surface area contributed by atoms with Crippen molar-refractivity contribution >= 4 is 24.8 Å². The van der Waals surface area contributed by atoms with Crippen LogP contribution in [0.15, 0.2) is 24.3 Å². The highest BCUT2D eigenvalue weighted by molar-refractivity contribution is 5.85. The number of alkyl halides is 3. The summed E-state index contributed by atoms with van der Waals surface area (Å²) >= 11 is 0. The molecule has 174 valence electrons. The summed E-state index contributed by atoms with van der Waals surface area (Å²) in [5, 5.41) is 10.6. The lowest BCUT2D eigenvalue weighted by atomic mass is 9.74. The Kier molecular flexibility index (Phi) is 10.7. The fourth-order valence-corrected chi connectivity index (χ4v) is 4.72. The van der Waals surface area contributed by atoms with Crippen LogP contribution in [0.5, 0.6) is 5.75 Å². The van der Waals surface area contributed by atoms with Crippen LogP contribution in [-0.2, 0) is 0 Å². The molecular weight excluding hydrogens is 440 g/mol. The Morgan fingerprint density at radius 2 is 1.87 bits per heavy atom. The number of likely N-dealkylation sites (tertiary alicyclic amines) is 1. The molecule has 4 atom stereocenters. The van der Waals surface area contributed by atoms with Crippen LogP contribution in [0.1, 0.15) is 43.6 Å². The molecule has 30 heavy (non-hydrogen) atoms. The zero-order chi connectivity index (χ0) is 20.3. The van der Waals surface area contributed by atoms with Crippen molar-refractivity contribution in [2.24, 2.45) is 5.92 Å². The summed E-state index contributed by atoms with van der Waals surface area (Å²) in [5.41, 5.74) is 0.820. The number of ether oxygens (including phenoxy) is 1. The molecular formula is C21H33Cl2F3N2O2. The molecule has 0 aromatic heterocycles. The Hall–Kier alpha value is -0.730. The van der Waals surface area contributed by atoms with Gasteiger partial charge in [-0.3, -0.25) is 0 Å². The number of likely N-dealkylation sites (N-methyl/N-ethyl adjacent to an activating group) is 1. The van der Waals surface area contributed by atoms with E-state index >= 15 is 0 Å². The van der Waals surface area contributed by atoms with E-state index in [1.165, 1.54) is 12.1 Å². The molecule has 0 spiro atoms. The number of hydrogen-bond donors (Lipinski definition) is 1. The van der Waals surface area contributed by atoms with Gasteiger partial charge in [0, 0.05) is 25.0 Å². The third kappa shape index (κ3) is 7.45. The highest BCUT2D eigenvalue weighted by atomic mass is 35.5. The van der Waals surface area contributed by atoms with Crippen molar-refractivity contribution in [2.45, 2.75) is 56.5 Å². The van der Waals surface area contributed by atoms with Crippen LogP contribution in [0.2, 0.25) is 0 Å². The van der Waals surface area contributed by atoms with E-state index in [1.54, 1.807) is 6.07 Å². The second-order valence-electron chi connectivity index (χ2n) is 8.41. The first-order chi connectivity index (χ1) is 13.2. The van der Waals surface area contributed by atoms with Crippen LogP contribution in [0.3, 0.4) is 0 Å². The molecule has 3 unspecified atom stereocenters. The van der Waals surface area contributed by atoms with Crippen LogP contribution in [0.4, 0.5) is 13.2 Å². The predicted molar refractivity (Wildman–Crippen MR) is 117 cm³/mol. The van der Waals surface area contributed by atoms with Crippen molar-refractivity contribution in [3.05, 3.63) is 29.8 Å². The molecule has 2 aliphatic rings. The highest BCUT2D eigenvalue weighted by Crippen LogP contribution is 2.39. The maximum atomic E-state index is 12.7. The second-order valence-corrected chi connectivity index (χ2v) is 8.41. The minimum Gasteiger partial charge on any atom is -0.406 e. The molecule has 0 radical (unpaired) electrons. The van der Waals surface area contributed by atoms with Gasteiger partial charge in [-0.15, -0.1) is 38.0 Å². The normalized spacial score (nSPS) is 26.0. The number of aliphatic hydroxyl groups excluding tert-OH is 1. The molecule has 1 aliphatic carbocycles. The Bertz CT molecular complexity index is 649. The van der Waals surface area contributed by atoms with Crippen LogP contribution in [0, 0.1) is 5.92 Å². The summed E-state index contributed by atoms with van der Waals surface area (Å²) in [7, 11) is 4.16. The van der Waals surface area contributed by atoms with Gasteiger partial charge in [0.1, 0.15) is 5.75 Å². The summed E-state index contributed by atoms with van der Waals surface area (Å²) in [4.78, 5) is 4.61. The lowest BCUT2D eigenvalue weighted by Crippen LogP contribution is -2.38. The smallest absolute Gasteiger partial charge is 0.406 e. The van der Waals surface area contributed by atoms with Gasteiger partial charge in [-0.25, -0.2) is 0 Å². The van der Waals surface area contributed by atoms with E-state index in [1.807, 2.05) is 6.07 Å². The number of benzene rings is 1. The topological polar surface area (TPSA) is 35.9 Å². The summed E-state index contributed by atoms with van der Waals surface area (Å²) in [6.07, 6.45) is -0.290. The van der Waals surface area contributed by atoms with E-state index in [-0.39, 0.29) is 42.4 Å². The number of rotatable bonds is 6. The average Bonchev–Trinajstić information content (AvgIpc) is 3.08. The number of hydrogen-bond acceptors (Lipinski definition) is 4. The first-order valence-corrected chi connectivity index (χ1v) is 10.2. The standard InChI is InChI=1S/C21H31F3N2O2.2ClH/c1-25(2)16-10-11-26(13-16)14-19(18-8-3-4-9-20(18)27)15-6-5-7-17(12-15)28-21(22,23)24;;/h5-7,12,16,18-20,27H,3-4,8-11,13-14H2,1-2H3;2*1H/t16-,18?,19?,20?;;/m1../s1. The van der Waals surface area contributed by atoms with Gasteiger partial charge in [-0.1, -0.05) is 25.0 Å². The molecule has 2 fully saturated rings. The van der Waals surface area contributed by atoms with Gasteiger partial charge >= 0.3 is 6.36 Å². The Morgan fingerprint density at radius 3 is 2.47 bits per heavy atom. The Labute approximate surface area is 189 Å². The van der Waals surface area contributed by atoms with Gasteiger partial charge < -0.3 is 19.6 Å². The molecule has 0 amide bonds. The zero-order valence-electron chi connectivity index (χ0n) is 17.5. The van der Waals surface area contributed by atoms with Gasteiger partial charge in [0.15, 0.2) is 0 Å². The molecule has 1 heterocycles. The summed E-state index contributed by atoms with van der Waals surface area (Å²) < 4.78 is 42.1. The quantitative estimate of drug-likeness (QED) is 0.650. The first-order valence-electron chi connectivity index (χ1n) is 10.2. The molecule has 1 saturated carbocycles. The SMILES string of the molecule is CN(C)[C@@H]1CCN(CC(c2cccc(OC(F)(F)F)c2)C2CCCCC2O)C1.Cl.Cl. The van der Waals surface area contributed by atoms with Gasteiger partial charge in [-0.2, -0.15) is 0 Å². The van der Waals surface area contributed by atoms with Crippen molar-refractivity contribution in [3.63, 3.8) is 0 Å². The largest absolute Gasteiger partial charge is 0.573 e. The minimum absolute atomic E-state index is 0. The lowest BCUT2D eigenvalue weighted by Gasteiger charge is -2.37. The molecule has 1 aromatic carbocycles. The average molecular weight is 473 g/mol. The lowest BCUT2D eigenvalue weighted by molar-refractivity contribution is -0.274. The van der Waals surface area contributed by atoms with Gasteiger partial charge in [0.25, 0.3) is 0 Å². The Morgan fingerprint density at radius 1 is 1.17 bits per heavy atom. The molecule has 1 saturated heterocycles. The van der Waals surface area contributed by atoms with Crippen molar-refractivity contribution in [2.75, 3.05) is 33.7 Å². The fraction of sp³-hybridized carbons (Fsp3) is 0.714. The maximum Gasteiger partial charge on any atom is 0.573 e. The summed E-state index contributed by atoms with van der Waals surface area (Å²) in [6.45, 7) is 2.67. The molecule has 3 rings (SSSR count). The van der Waals surface area contributed by atoms with E-state index in [0.29, 0.717) is 6.04 Å². The number of halogens is 5. The fourth-order valence-electron chi connectivity index (χ4n) is 4.72. The first kappa shape index (κ1) is 27.3. The van der Waals surface area contributed by atoms with Crippen molar-refractivity contribution in [3.8, 4) is 5.75 Å². The van der Waals surface area contributed by atoms with E-state index in [0.717, 1.165) is 57.3 Å². The Balaban J connectivity index is 0.00000225. The van der Waals surface area contributed by atoms with Gasteiger partial charge in [0.2, 0.25) is 0 Å². The second kappa shape index (κ2) is 11.8. The third-order valence-electron chi connectivity index (χ3n) is 6.25. The van der Waals surface area contributed by atoms with Gasteiger partial charge in [-0.05, 0) is 63.5 Å². The van der Waals surface area contributed by atoms with E-state index in [2.05, 4.69) is 28.6 Å². The van der Waals surface area contributed by atoms with Crippen molar-refractivity contribution in [1.82, 2.24) is 9.80 Å². The maximum absolute atomic E-state index is 12.7. The summed E-state index contributed by atoms with van der Waals surface area (Å²) in [6, 6.07) is 6.82. The minimum atomic E-state index is -4.70. The molecule has 9 heteroatoms. The molecule has 1 aliphatic heterocycles. The molecule has 1 N–H and O–H groups in total. The number of aliphatic hydroxyl groups is 1.